The topological polar surface area (TPSA) is 102 Å². The number of imidazole rings is 1. The van der Waals surface area contributed by atoms with E-state index in [9.17, 15) is 18.4 Å². The first-order chi connectivity index (χ1) is 15.7. The molecule has 2 bridgehead atoms. The quantitative estimate of drug-likeness (QED) is 0.732. The number of ether oxygens (including phenoxy) is 2. The molecule has 0 radical (unpaired) electrons. The number of nitrogen functional groups attached to an aromatic ring is 1. The molecule has 1 saturated heterocycles. The second-order valence-electron chi connectivity index (χ2n) is 9.75. The van der Waals surface area contributed by atoms with Crippen molar-refractivity contribution >= 4 is 5.82 Å². The molecule has 1 aliphatic heterocycles. The first-order valence-electron chi connectivity index (χ1n) is 11.0. The van der Waals surface area contributed by atoms with Gasteiger partial charge in [0.1, 0.15) is 11.2 Å². The SMILES string of the molecule is N#CC1(c2nc(-c3cnc(N)c(OC(F)(F)F)c3)cn2C23CC(N4CCOCC4)(C2)C3)CC1. The van der Waals surface area contributed by atoms with Gasteiger partial charge in [-0.05, 0) is 38.2 Å². The van der Waals surface area contributed by atoms with Crippen LogP contribution >= 0.6 is 0 Å². The zero-order chi connectivity index (χ0) is 23.1. The predicted octanol–water partition coefficient (Wildman–Crippen LogP) is 2.94. The van der Waals surface area contributed by atoms with E-state index >= 15 is 0 Å². The van der Waals surface area contributed by atoms with Crippen LogP contribution in [0.25, 0.3) is 11.3 Å². The van der Waals surface area contributed by atoms with Gasteiger partial charge in [0.2, 0.25) is 0 Å². The molecule has 2 aromatic heterocycles. The van der Waals surface area contributed by atoms with Crippen molar-refractivity contribution in [3.05, 3.63) is 24.3 Å². The molecule has 0 atom stereocenters. The lowest BCUT2D eigenvalue weighted by atomic mass is 9.43. The van der Waals surface area contributed by atoms with Crippen LogP contribution in [-0.2, 0) is 15.7 Å². The van der Waals surface area contributed by atoms with Crippen molar-refractivity contribution in [2.45, 2.75) is 55.0 Å². The van der Waals surface area contributed by atoms with Crippen LogP contribution in [0.2, 0.25) is 0 Å². The van der Waals surface area contributed by atoms with Crippen molar-refractivity contribution in [3.63, 3.8) is 0 Å². The Labute approximate surface area is 188 Å². The van der Waals surface area contributed by atoms with Gasteiger partial charge in [0, 0.05) is 36.6 Å². The van der Waals surface area contributed by atoms with Crippen molar-refractivity contribution in [1.29, 1.82) is 5.26 Å². The van der Waals surface area contributed by atoms with Crippen molar-refractivity contribution in [2.75, 3.05) is 32.0 Å². The average molecular weight is 460 g/mol. The summed E-state index contributed by atoms with van der Waals surface area (Å²) in [4.78, 5) is 11.1. The van der Waals surface area contributed by atoms with Crippen LogP contribution in [0.3, 0.4) is 0 Å². The van der Waals surface area contributed by atoms with E-state index < -0.39 is 17.5 Å². The molecule has 33 heavy (non-hydrogen) atoms. The van der Waals surface area contributed by atoms with Gasteiger partial charge in [0.15, 0.2) is 11.6 Å². The zero-order valence-electron chi connectivity index (χ0n) is 17.9. The normalized spacial score (nSPS) is 30.1. The number of pyridine rings is 1. The van der Waals surface area contributed by atoms with Crippen LogP contribution in [0, 0.1) is 11.3 Å². The highest BCUT2D eigenvalue weighted by atomic mass is 19.4. The maximum absolute atomic E-state index is 12.8. The Bertz CT molecular complexity index is 1140. The molecule has 7 rings (SSSR count). The monoisotopic (exact) mass is 460 g/mol. The molecular weight excluding hydrogens is 437 g/mol. The number of hydrogen-bond donors (Lipinski definition) is 1. The summed E-state index contributed by atoms with van der Waals surface area (Å²) in [7, 11) is 0. The fourth-order valence-corrected chi connectivity index (χ4v) is 5.84. The Morgan fingerprint density at radius 1 is 1.15 bits per heavy atom. The van der Waals surface area contributed by atoms with Gasteiger partial charge in [-0.3, -0.25) is 4.90 Å². The fourth-order valence-electron chi connectivity index (χ4n) is 5.84. The molecule has 0 unspecified atom stereocenters. The van der Waals surface area contributed by atoms with Crippen molar-refractivity contribution in [1.82, 2.24) is 19.4 Å². The van der Waals surface area contributed by atoms with Crippen LogP contribution in [0.15, 0.2) is 18.5 Å². The third kappa shape index (κ3) is 3.11. The third-order valence-corrected chi connectivity index (χ3v) is 7.67. The van der Waals surface area contributed by atoms with Crippen molar-refractivity contribution < 1.29 is 22.6 Å². The van der Waals surface area contributed by atoms with Crippen LogP contribution < -0.4 is 10.5 Å². The minimum atomic E-state index is -4.88. The lowest BCUT2D eigenvalue weighted by molar-refractivity contribution is -0.274. The minimum Gasteiger partial charge on any atom is -0.402 e. The number of rotatable bonds is 5. The number of aromatic nitrogens is 3. The summed E-state index contributed by atoms with van der Waals surface area (Å²) >= 11 is 0. The van der Waals surface area contributed by atoms with Gasteiger partial charge < -0.3 is 19.8 Å². The number of nitrogens with two attached hydrogens (primary N) is 1. The number of halogens is 3. The minimum absolute atomic E-state index is 0.0993. The maximum Gasteiger partial charge on any atom is 0.573 e. The maximum atomic E-state index is 12.8. The number of nitrogens with zero attached hydrogens (tertiary/aromatic N) is 5. The molecule has 2 N–H and O–H groups in total. The lowest BCUT2D eigenvalue weighted by Crippen LogP contribution is -2.79. The Morgan fingerprint density at radius 3 is 2.45 bits per heavy atom. The summed E-state index contributed by atoms with van der Waals surface area (Å²) in [5.74, 6) is -0.210. The number of nitriles is 1. The second kappa shape index (κ2) is 6.61. The Balaban J connectivity index is 1.34. The van der Waals surface area contributed by atoms with Gasteiger partial charge in [-0.1, -0.05) is 0 Å². The summed E-state index contributed by atoms with van der Waals surface area (Å²) in [6.07, 6.45) is 2.77. The van der Waals surface area contributed by atoms with Gasteiger partial charge in [-0.2, -0.15) is 5.26 Å². The summed E-state index contributed by atoms with van der Waals surface area (Å²) in [6, 6.07) is 3.62. The van der Waals surface area contributed by atoms with Gasteiger partial charge in [0.25, 0.3) is 0 Å². The molecule has 0 aromatic carbocycles. The Kier molecular flexibility index (Phi) is 4.15. The van der Waals surface area contributed by atoms with Crippen LogP contribution in [0.1, 0.15) is 37.9 Å². The lowest BCUT2D eigenvalue weighted by Gasteiger charge is -2.74. The smallest absolute Gasteiger partial charge is 0.402 e. The molecule has 4 saturated carbocycles. The Hall–Kier alpha value is -2.84. The highest BCUT2D eigenvalue weighted by Crippen LogP contribution is 2.69. The van der Waals surface area contributed by atoms with Gasteiger partial charge >= 0.3 is 6.36 Å². The van der Waals surface area contributed by atoms with E-state index in [0.29, 0.717) is 17.1 Å². The molecule has 3 heterocycles. The second-order valence-corrected chi connectivity index (χ2v) is 9.75. The van der Waals surface area contributed by atoms with E-state index in [1.54, 1.807) is 0 Å². The molecule has 8 nitrogen and oxygen atoms in total. The van der Waals surface area contributed by atoms with E-state index in [0.717, 1.165) is 58.4 Å². The molecule has 5 fully saturated rings. The highest BCUT2D eigenvalue weighted by molar-refractivity contribution is 5.64. The first-order valence-corrected chi connectivity index (χ1v) is 11.0. The Morgan fingerprint density at radius 2 is 1.85 bits per heavy atom. The summed E-state index contributed by atoms with van der Waals surface area (Å²) < 4.78 is 49.9. The fraction of sp³-hybridized carbons (Fsp3) is 0.591. The number of hydrogen-bond acceptors (Lipinski definition) is 7. The van der Waals surface area contributed by atoms with E-state index in [1.807, 2.05) is 6.20 Å². The van der Waals surface area contributed by atoms with E-state index in [1.165, 1.54) is 12.3 Å². The number of morpholine rings is 1. The summed E-state index contributed by atoms with van der Waals surface area (Å²) in [5.41, 5.74) is 5.87. The average Bonchev–Trinajstić information content (AvgIpc) is 3.40. The molecule has 174 valence electrons. The predicted molar refractivity (Wildman–Crippen MR) is 110 cm³/mol. The molecule has 0 spiro atoms. The van der Waals surface area contributed by atoms with Gasteiger partial charge in [-0.15, -0.1) is 13.2 Å². The zero-order valence-corrected chi connectivity index (χ0v) is 17.9. The van der Waals surface area contributed by atoms with Crippen LogP contribution in [0.4, 0.5) is 19.0 Å². The molecule has 4 aliphatic carbocycles. The first kappa shape index (κ1) is 20.7. The number of alkyl halides is 3. The van der Waals surface area contributed by atoms with Crippen molar-refractivity contribution in [2.24, 2.45) is 0 Å². The summed E-state index contributed by atoms with van der Waals surface area (Å²) in [5, 5.41) is 9.85. The van der Waals surface area contributed by atoms with Gasteiger partial charge in [-0.25, -0.2) is 9.97 Å². The summed E-state index contributed by atoms with van der Waals surface area (Å²) in [6.45, 7) is 3.36. The molecule has 5 aliphatic rings. The van der Waals surface area contributed by atoms with Gasteiger partial charge in [0.05, 0.1) is 30.5 Å². The highest BCUT2D eigenvalue weighted by Gasteiger charge is 2.72. The molecule has 11 heteroatoms. The molecular formula is C22H23F3N6O2. The van der Waals surface area contributed by atoms with Crippen molar-refractivity contribution in [3.8, 4) is 23.1 Å². The molecule has 2 aromatic rings. The van der Waals surface area contributed by atoms with E-state index in [4.69, 9.17) is 15.5 Å². The largest absolute Gasteiger partial charge is 0.573 e. The third-order valence-electron chi connectivity index (χ3n) is 7.67. The molecule has 0 amide bonds. The number of anilines is 1. The van der Waals surface area contributed by atoms with E-state index in [-0.39, 0.29) is 16.9 Å². The van der Waals surface area contributed by atoms with E-state index in [2.05, 4.69) is 25.3 Å². The van der Waals surface area contributed by atoms with Crippen LogP contribution in [-0.4, -0.2) is 57.6 Å². The standard InChI is InChI=1S/C22H23F3N6O2/c23-22(24,25)33-16-7-14(8-28-17(16)27)15-9-31(18(29-15)19(13-26)1-2-19)21-10-20(11-21,12-21)30-3-5-32-6-4-30/h7-9H,1-6,10-12H2,(H2,27,28). The van der Waals surface area contributed by atoms with Crippen LogP contribution in [0.5, 0.6) is 5.75 Å².